The Morgan fingerprint density at radius 3 is 3.06 bits per heavy atom. The van der Waals surface area contributed by atoms with Crippen molar-refractivity contribution in [2.45, 2.75) is 12.8 Å². The predicted molar refractivity (Wildman–Crippen MR) is 75.4 cm³/mol. The average Bonchev–Trinajstić information content (AvgIpc) is 2.98. The Morgan fingerprint density at radius 1 is 1.56 bits per heavy atom. The second-order valence-electron chi connectivity index (χ2n) is 4.72. The molecule has 0 radical (unpaired) electrons. The summed E-state index contributed by atoms with van der Waals surface area (Å²) in [5.74, 6) is 0.700. The Kier molecular flexibility index (Phi) is 4.77. The Labute approximate surface area is 113 Å². The van der Waals surface area contributed by atoms with E-state index < -0.39 is 10.0 Å². The van der Waals surface area contributed by atoms with Crippen molar-refractivity contribution in [1.82, 2.24) is 9.62 Å². The summed E-state index contributed by atoms with van der Waals surface area (Å²) in [6.45, 7) is 2.25. The van der Waals surface area contributed by atoms with Crippen LogP contribution in [-0.4, -0.2) is 45.2 Å². The maximum atomic E-state index is 12.2. The summed E-state index contributed by atoms with van der Waals surface area (Å²) in [6, 6.07) is 3.96. The van der Waals surface area contributed by atoms with E-state index in [-0.39, 0.29) is 5.75 Å². The second kappa shape index (κ2) is 6.14. The van der Waals surface area contributed by atoms with Crippen LogP contribution in [0.25, 0.3) is 0 Å². The van der Waals surface area contributed by atoms with Crippen molar-refractivity contribution >= 4 is 21.4 Å². The van der Waals surface area contributed by atoms with Crippen molar-refractivity contribution in [3.8, 4) is 0 Å². The molecule has 0 amide bonds. The van der Waals surface area contributed by atoms with Crippen LogP contribution in [-0.2, 0) is 16.4 Å². The number of rotatable bonds is 6. The molecule has 1 aliphatic rings. The van der Waals surface area contributed by atoms with Crippen LogP contribution in [0.15, 0.2) is 17.5 Å². The molecule has 6 heteroatoms. The van der Waals surface area contributed by atoms with Gasteiger partial charge in [-0.2, -0.15) is 0 Å². The fourth-order valence-electron chi connectivity index (χ4n) is 2.32. The first kappa shape index (κ1) is 14.0. The minimum atomic E-state index is -3.08. The molecule has 102 valence electrons. The van der Waals surface area contributed by atoms with Gasteiger partial charge in [0.15, 0.2) is 0 Å². The summed E-state index contributed by atoms with van der Waals surface area (Å²) in [4.78, 5) is 1.14. The zero-order valence-electron chi connectivity index (χ0n) is 10.6. The van der Waals surface area contributed by atoms with Gasteiger partial charge in [-0.25, -0.2) is 12.7 Å². The lowest BCUT2D eigenvalue weighted by Gasteiger charge is -2.16. The maximum absolute atomic E-state index is 12.2. The van der Waals surface area contributed by atoms with E-state index in [1.54, 1.807) is 15.6 Å². The molecule has 2 heterocycles. The third-order valence-corrected chi connectivity index (χ3v) is 6.10. The molecule has 4 nitrogen and oxygen atoms in total. The van der Waals surface area contributed by atoms with E-state index >= 15 is 0 Å². The van der Waals surface area contributed by atoms with E-state index in [0.717, 1.165) is 17.8 Å². The third-order valence-electron chi connectivity index (χ3n) is 3.32. The monoisotopic (exact) mass is 288 g/mol. The first-order valence-corrected chi connectivity index (χ1v) is 8.75. The van der Waals surface area contributed by atoms with Gasteiger partial charge < -0.3 is 5.32 Å². The molecule has 2 rings (SSSR count). The first-order valence-electron chi connectivity index (χ1n) is 6.26. The van der Waals surface area contributed by atoms with Crippen molar-refractivity contribution in [2.24, 2.45) is 5.92 Å². The number of aryl methyl sites for hydroxylation is 1. The minimum Gasteiger partial charge on any atom is -0.319 e. The molecule has 0 saturated carbocycles. The smallest absolute Gasteiger partial charge is 0.214 e. The van der Waals surface area contributed by atoms with Gasteiger partial charge in [0.2, 0.25) is 10.0 Å². The van der Waals surface area contributed by atoms with Gasteiger partial charge in [0, 0.05) is 18.0 Å². The number of nitrogens with zero attached hydrogens (tertiary/aromatic N) is 1. The third kappa shape index (κ3) is 3.54. The quantitative estimate of drug-likeness (QED) is 0.854. The minimum absolute atomic E-state index is 0.236. The predicted octanol–water partition coefficient (Wildman–Crippen LogP) is 1.16. The van der Waals surface area contributed by atoms with E-state index in [1.165, 1.54) is 0 Å². The number of sulfonamides is 1. The van der Waals surface area contributed by atoms with Crippen LogP contribution in [0.3, 0.4) is 0 Å². The normalized spacial score (nSPS) is 21.5. The molecule has 1 N–H and O–H groups in total. The molecular formula is C12H20N2O2S2. The standard InChI is InChI=1S/C12H20N2O2S2/c1-13-9-11-4-6-14(10-11)18(15,16)8-5-12-3-2-7-17-12/h2-3,7,11,13H,4-6,8-10H2,1H3. The number of hydrogen-bond donors (Lipinski definition) is 1. The summed E-state index contributed by atoms with van der Waals surface area (Å²) in [5.41, 5.74) is 0. The topological polar surface area (TPSA) is 49.4 Å². The van der Waals surface area contributed by atoms with Crippen LogP contribution in [0.1, 0.15) is 11.3 Å². The van der Waals surface area contributed by atoms with Gasteiger partial charge in [-0.15, -0.1) is 11.3 Å². The molecule has 0 aromatic carbocycles. The van der Waals surface area contributed by atoms with Crippen LogP contribution in [0.5, 0.6) is 0 Å². The largest absolute Gasteiger partial charge is 0.319 e. The zero-order valence-corrected chi connectivity index (χ0v) is 12.3. The SMILES string of the molecule is CNCC1CCN(S(=O)(=O)CCc2cccs2)C1. The lowest BCUT2D eigenvalue weighted by Crippen LogP contribution is -2.32. The van der Waals surface area contributed by atoms with Crippen LogP contribution in [0.4, 0.5) is 0 Å². The molecular weight excluding hydrogens is 268 g/mol. The summed E-state index contributed by atoms with van der Waals surface area (Å²) in [7, 11) is -1.16. The molecule has 0 spiro atoms. The number of thiophene rings is 1. The fraction of sp³-hybridized carbons (Fsp3) is 0.667. The van der Waals surface area contributed by atoms with Gasteiger partial charge in [-0.1, -0.05) is 6.07 Å². The molecule has 1 aromatic rings. The molecule has 1 fully saturated rings. The maximum Gasteiger partial charge on any atom is 0.214 e. The van der Waals surface area contributed by atoms with Gasteiger partial charge in [-0.3, -0.25) is 0 Å². The average molecular weight is 288 g/mol. The molecule has 1 saturated heterocycles. The first-order chi connectivity index (χ1) is 8.62. The van der Waals surface area contributed by atoms with Crippen molar-refractivity contribution in [3.05, 3.63) is 22.4 Å². The highest BCUT2D eigenvalue weighted by molar-refractivity contribution is 7.89. The van der Waals surface area contributed by atoms with E-state index in [9.17, 15) is 8.42 Å². The van der Waals surface area contributed by atoms with E-state index in [1.807, 2.05) is 24.6 Å². The lowest BCUT2D eigenvalue weighted by atomic mass is 10.1. The van der Waals surface area contributed by atoms with Crippen molar-refractivity contribution in [3.63, 3.8) is 0 Å². The molecule has 1 unspecified atom stereocenters. The van der Waals surface area contributed by atoms with Gasteiger partial charge in [0.1, 0.15) is 0 Å². The van der Waals surface area contributed by atoms with Gasteiger partial charge in [-0.05, 0) is 43.8 Å². The van der Waals surface area contributed by atoms with Gasteiger partial charge in [0.25, 0.3) is 0 Å². The highest BCUT2D eigenvalue weighted by Gasteiger charge is 2.30. The Balaban J connectivity index is 1.87. The van der Waals surface area contributed by atoms with E-state index in [4.69, 9.17) is 0 Å². The summed E-state index contributed by atoms with van der Waals surface area (Å²) < 4.78 is 26.0. The van der Waals surface area contributed by atoms with E-state index in [0.29, 0.717) is 25.4 Å². The molecule has 1 aliphatic heterocycles. The molecule has 0 aliphatic carbocycles. The number of nitrogens with one attached hydrogen (secondary N) is 1. The highest BCUT2D eigenvalue weighted by Crippen LogP contribution is 2.20. The Morgan fingerprint density at radius 2 is 2.39 bits per heavy atom. The second-order valence-corrected chi connectivity index (χ2v) is 7.84. The van der Waals surface area contributed by atoms with Gasteiger partial charge >= 0.3 is 0 Å². The summed E-state index contributed by atoms with van der Waals surface area (Å²) >= 11 is 1.62. The molecule has 18 heavy (non-hydrogen) atoms. The highest BCUT2D eigenvalue weighted by atomic mass is 32.2. The van der Waals surface area contributed by atoms with E-state index in [2.05, 4.69) is 5.32 Å². The van der Waals surface area contributed by atoms with Crippen molar-refractivity contribution < 1.29 is 8.42 Å². The van der Waals surface area contributed by atoms with Crippen LogP contribution in [0.2, 0.25) is 0 Å². The van der Waals surface area contributed by atoms with Crippen molar-refractivity contribution in [1.29, 1.82) is 0 Å². The van der Waals surface area contributed by atoms with Crippen molar-refractivity contribution in [2.75, 3.05) is 32.4 Å². The molecule has 1 atom stereocenters. The lowest BCUT2D eigenvalue weighted by molar-refractivity contribution is 0.451. The zero-order chi connectivity index (χ0) is 13.0. The number of hydrogen-bond acceptors (Lipinski definition) is 4. The molecule has 1 aromatic heterocycles. The summed E-state index contributed by atoms with van der Waals surface area (Å²) in [6.07, 6.45) is 1.60. The Bertz CT molecular complexity index is 456. The van der Waals surface area contributed by atoms with Crippen LogP contribution in [0, 0.1) is 5.92 Å². The summed E-state index contributed by atoms with van der Waals surface area (Å²) in [5, 5.41) is 5.10. The Hall–Kier alpha value is -0.430. The fourth-order valence-corrected chi connectivity index (χ4v) is 4.71. The van der Waals surface area contributed by atoms with Gasteiger partial charge in [0.05, 0.1) is 5.75 Å². The van der Waals surface area contributed by atoms with Crippen LogP contribution < -0.4 is 5.32 Å². The van der Waals surface area contributed by atoms with Crippen LogP contribution >= 0.6 is 11.3 Å². The molecule has 0 bridgehead atoms.